The predicted molar refractivity (Wildman–Crippen MR) is 89.4 cm³/mol. The van der Waals surface area contributed by atoms with Gasteiger partial charge >= 0.3 is 12.0 Å². The molecule has 0 aromatic carbocycles. The summed E-state index contributed by atoms with van der Waals surface area (Å²) >= 11 is 0. The summed E-state index contributed by atoms with van der Waals surface area (Å²) in [4.78, 5) is 27.1. The third-order valence-electron chi connectivity index (χ3n) is 5.59. The molecule has 2 N–H and O–H groups in total. The molecular formula is C17H31N3O3. The molecule has 0 heterocycles. The van der Waals surface area contributed by atoms with Crippen LogP contribution in [0.1, 0.15) is 52.4 Å². The molecule has 23 heavy (non-hydrogen) atoms. The van der Waals surface area contributed by atoms with E-state index in [1.54, 1.807) is 0 Å². The van der Waals surface area contributed by atoms with Crippen molar-refractivity contribution in [3.05, 3.63) is 0 Å². The van der Waals surface area contributed by atoms with Gasteiger partial charge in [-0.05, 0) is 38.1 Å². The van der Waals surface area contributed by atoms with Crippen LogP contribution >= 0.6 is 0 Å². The summed E-state index contributed by atoms with van der Waals surface area (Å²) in [6.45, 7) is 5.03. The van der Waals surface area contributed by atoms with Crippen molar-refractivity contribution in [3.8, 4) is 0 Å². The Bertz CT molecular complexity index is 423. The van der Waals surface area contributed by atoms with E-state index in [-0.39, 0.29) is 24.7 Å². The minimum absolute atomic E-state index is 0.0217. The number of hydrogen-bond donors (Lipinski definition) is 2. The van der Waals surface area contributed by atoms with Crippen molar-refractivity contribution in [1.29, 1.82) is 0 Å². The quantitative estimate of drug-likeness (QED) is 0.785. The molecule has 0 saturated heterocycles. The molecule has 6 nitrogen and oxygen atoms in total. The maximum absolute atomic E-state index is 12.4. The summed E-state index contributed by atoms with van der Waals surface area (Å²) in [6.07, 6.45) is 6.48. The fourth-order valence-corrected chi connectivity index (χ4v) is 3.98. The molecule has 0 spiro atoms. The number of carbonyl (C=O) groups excluding carboxylic acids is 1. The normalized spacial score (nSPS) is 30.6. The van der Waals surface area contributed by atoms with E-state index >= 15 is 0 Å². The third-order valence-corrected chi connectivity index (χ3v) is 5.59. The smallest absolute Gasteiger partial charge is 0.317 e. The molecule has 0 bridgehead atoms. The summed E-state index contributed by atoms with van der Waals surface area (Å²) in [5, 5.41) is 12.0. The summed E-state index contributed by atoms with van der Waals surface area (Å²) in [7, 11) is 1.90. The van der Waals surface area contributed by atoms with Crippen LogP contribution in [0.15, 0.2) is 0 Å². The highest BCUT2D eigenvalue weighted by Gasteiger charge is 2.36. The van der Waals surface area contributed by atoms with Crippen molar-refractivity contribution in [3.63, 3.8) is 0 Å². The number of likely N-dealkylation sites (N-methyl/N-ethyl adjacent to an activating group) is 1. The Morgan fingerprint density at radius 1 is 1.22 bits per heavy atom. The van der Waals surface area contributed by atoms with Gasteiger partial charge in [-0.3, -0.25) is 9.69 Å². The van der Waals surface area contributed by atoms with Gasteiger partial charge in [-0.15, -0.1) is 0 Å². The first-order valence-electron chi connectivity index (χ1n) is 8.91. The second-order valence-corrected chi connectivity index (χ2v) is 7.17. The number of nitrogens with one attached hydrogen (secondary N) is 1. The van der Waals surface area contributed by atoms with Crippen LogP contribution in [0.3, 0.4) is 0 Å². The van der Waals surface area contributed by atoms with Gasteiger partial charge in [-0.1, -0.05) is 26.7 Å². The fraction of sp³-hybridized carbons (Fsp3) is 0.882. The zero-order valence-corrected chi connectivity index (χ0v) is 14.6. The van der Waals surface area contributed by atoms with E-state index in [1.807, 2.05) is 23.8 Å². The van der Waals surface area contributed by atoms with Crippen molar-refractivity contribution in [2.75, 3.05) is 20.1 Å². The van der Waals surface area contributed by atoms with E-state index in [9.17, 15) is 9.59 Å². The molecule has 0 radical (unpaired) electrons. The van der Waals surface area contributed by atoms with Gasteiger partial charge in [0.25, 0.3) is 0 Å². The Morgan fingerprint density at radius 3 is 2.43 bits per heavy atom. The average Bonchev–Trinajstić information content (AvgIpc) is 2.47. The summed E-state index contributed by atoms with van der Waals surface area (Å²) in [5.41, 5.74) is 0. The number of carboxylic acid groups (broad SMARTS) is 1. The molecule has 2 saturated carbocycles. The second-order valence-electron chi connectivity index (χ2n) is 7.17. The van der Waals surface area contributed by atoms with Crippen molar-refractivity contribution >= 4 is 12.0 Å². The largest absolute Gasteiger partial charge is 0.480 e. The van der Waals surface area contributed by atoms with Gasteiger partial charge in [0.05, 0.1) is 6.54 Å². The highest BCUT2D eigenvalue weighted by atomic mass is 16.4. The van der Waals surface area contributed by atoms with Crippen LogP contribution in [0.25, 0.3) is 0 Å². The molecule has 2 aliphatic carbocycles. The topological polar surface area (TPSA) is 72.9 Å². The molecule has 2 atom stereocenters. The van der Waals surface area contributed by atoms with Crippen LogP contribution < -0.4 is 5.32 Å². The van der Waals surface area contributed by atoms with Gasteiger partial charge in [0.2, 0.25) is 0 Å². The first-order chi connectivity index (χ1) is 10.9. The molecule has 0 aliphatic heterocycles. The van der Waals surface area contributed by atoms with Gasteiger partial charge < -0.3 is 15.3 Å². The number of carbonyl (C=O) groups is 2. The van der Waals surface area contributed by atoms with E-state index in [1.165, 1.54) is 19.3 Å². The molecule has 2 unspecified atom stereocenters. The molecule has 0 aromatic heterocycles. The molecular weight excluding hydrogens is 294 g/mol. The molecule has 0 aromatic rings. The maximum Gasteiger partial charge on any atom is 0.317 e. The van der Waals surface area contributed by atoms with E-state index in [2.05, 4.69) is 12.2 Å². The Morgan fingerprint density at radius 2 is 1.87 bits per heavy atom. The van der Waals surface area contributed by atoms with Crippen LogP contribution in [0.5, 0.6) is 0 Å². The number of aliphatic carboxylic acids is 1. The molecule has 6 heteroatoms. The first kappa shape index (κ1) is 18.0. The summed E-state index contributed by atoms with van der Waals surface area (Å²) in [6, 6.07) is 0.823. The predicted octanol–water partition coefficient (Wildman–Crippen LogP) is 2.14. The summed E-state index contributed by atoms with van der Waals surface area (Å²) in [5.74, 6) is -0.217. The fourth-order valence-electron chi connectivity index (χ4n) is 3.98. The molecule has 2 amide bonds. The highest BCUT2D eigenvalue weighted by molar-refractivity contribution is 5.74. The van der Waals surface area contributed by atoms with Crippen molar-refractivity contribution in [2.24, 2.45) is 5.92 Å². The molecule has 132 valence electrons. The van der Waals surface area contributed by atoms with Crippen molar-refractivity contribution in [2.45, 2.75) is 70.5 Å². The highest BCUT2D eigenvalue weighted by Crippen LogP contribution is 2.29. The van der Waals surface area contributed by atoms with Gasteiger partial charge in [-0.2, -0.15) is 0 Å². The zero-order valence-electron chi connectivity index (χ0n) is 14.6. The number of hydrogen-bond acceptors (Lipinski definition) is 3. The lowest BCUT2D eigenvalue weighted by Gasteiger charge is -2.43. The Kier molecular flexibility index (Phi) is 6.27. The molecule has 2 fully saturated rings. The van der Waals surface area contributed by atoms with Crippen molar-refractivity contribution < 1.29 is 14.7 Å². The lowest BCUT2D eigenvalue weighted by Crippen LogP contribution is -2.57. The second kappa shape index (κ2) is 7.99. The number of nitrogens with zero attached hydrogens (tertiary/aromatic N) is 2. The van der Waals surface area contributed by atoms with E-state index in [0.717, 1.165) is 25.8 Å². The van der Waals surface area contributed by atoms with Gasteiger partial charge in [0.15, 0.2) is 0 Å². The lowest BCUT2D eigenvalue weighted by atomic mass is 9.84. The Labute approximate surface area is 139 Å². The van der Waals surface area contributed by atoms with Crippen molar-refractivity contribution in [1.82, 2.24) is 15.1 Å². The minimum atomic E-state index is -0.787. The lowest BCUT2D eigenvalue weighted by molar-refractivity contribution is -0.139. The Hall–Kier alpha value is -1.30. The van der Waals surface area contributed by atoms with Crippen LogP contribution in [-0.4, -0.2) is 65.2 Å². The monoisotopic (exact) mass is 325 g/mol. The van der Waals surface area contributed by atoms with Crippen LogP contribution in [0.2, 0.25) is 0 Å². The number of amides is 2. The maximum atomic E-state index is 12.4. The number of rotatable bonds is 6. The standard InChI is InChI=1S/C17H31N3O3/c1-4-20(11-16(21)22)14-9-13(10-14)18-17(23)19(3)15-8-6-5-7-12(15)2/h12-15H,4-11H2,1-3H3,(H,18,23)(H,21,22). The van der Waals surface area contributed by atoms with E-state index in [4.69, 9.17) is 5.11 Å². The minimum Gasteiger partial charge on any atom is -0.480 e. The van der Waals surface area contributed by atoms with Gasteiger partial charge in [0, 0.05) is 25.2 Å². The van der Waals surface area contributed by atoms with Gasteiger partial charge in [-0.25, -0.2) is 4.79 Å². The average molecular weight is 325 g/mol. The van der Waals surface area contributed by atoms with E-state index in [0.29, 0.717) is 12.0 Å². The van der Waals surface area contributed by atoms with Crippen LogP contribution in [-0.2, 0) is 4.79 Å². The van der Waals surface area contributed by atoms with Crippen LogP contribution in [0.4, 0.5) is 4.79 Å². The van der Waals surface area contributed by atoms with Gasteiger partial charge in [0.1, 0.15) is 0 Å². The van der Waals surface area contributed by atoms with Crippen LogP contribution in [0, 0.1) is 5.92 Å². The molecule has 2 rings (SSSR count). The van der Waals surface area contributed by atoms with E-state index < -0.39 is 5.97 Å². The molecule has 2 aliphatic rings. The number of carboxylic acids is 1. The third kappa shape index (κ3) is 4.59. The zero-order chi connectivity index (χ0) is 17.0. The first-order valence-corrected chi connectivity index (χ1v) is 8.91. The summed E-state index contributed by atoms with van der Waals surface area (Å²) < 4.78 is 0. The Balaban J connectivity index is 1.76. The number of urea groups is 1. The SMILES string of the molecule is CCN(CC(=O)O)C1CC(NC(=O)N(C)C2CCCCC2C)C1.